The average molecular weight is 297 g/mol. The fourth-order valence-electron chi connectivity index (χ4n) is 1.66. The molecule has 16 heavy (non-hydrogen) atoms. The molecule has 3 aromatic heterocycles. The Balaban J connectivity index is 2.26. The van der Waals surface area contributed by atoms with Crippen molar-refractivity contribution in [1.82, 2.24) is 19.2 Å². The van der Waals surface area contributed by atoms with Gasteiger partial charge < -0.3 is 0 Å². The van der Waals surface area contributed by atoms with Crippen LogP contribution >= 0.6 is 27.3 Å². The molecule has 0 bridgehead atoms. The molecule has 0 aliphatic carbocycles. The second-order valence-corrected chi connectivity index (χ2v) is 4.97. The molecule has 0 unspecified atom stereocenters. The lowest BCUT2D eigenvalue weighted by molar-refractivity contribution is 0.844. The van der Waals surface area contributed by atoms with E-state index >= 15 is 0 Å². The van der Waals surface area contributed by atoms with E-state index in [1.165, 1.54) is 0 Å². The quantitative estimate of drug-likeness (QED) is 0.682. The van der Waals surface area contributed by atoms with Crippen LogP contribution in [0.25, 0.3) is 10.8 Å². The van der Waals surface area contributed by atoms with Gasteiger partial charge in [0.05, 0.1) is 11.9 Å². The number of halogens is 1. The Hall–Kier alpha value is -1.14. The fourth-order valence-corrected chi connectivity index (χ4v) is 2.91. The first-order valence-electron chi connectivity index (χ1n) is 4.81. The molecule has 0 aliphatic rings. The number of hydrogen-bond donors (Lipinski definition) is 0. The lowest BCUT2D eigenvalue weighted by Gasteiger charge is -1.99. The second kappa shape index (κ2) is 3.71. The maximum Gasteiger partial charge on any atom is 0.195 e. The molecule has 0 aliphatic heterocycles. The molecule has 3 heterocycles. The Bertz CT molecular complexity index is 636. The molecule has 3 rings (SSSR count). The van der Waals surface area contributed by atoms with Gasteiger partial charge in [0.1, 0.15) is 0 Å². The normalized spacial score (nSPS) is 11.4. The van der Waals surface area contributed by atoms with Crippen LogP contribution in [0.2, 0.25) is 0 Å². The SMILES string of the molecule is Cc1cnn(-c2nc3sccn3c2CBr)c1. The van der Waals surface area contributed by atoms with Crippen LogP contribution in [0.4, 0.5) is 0 Å². The van der Waals surface area contributed by atoms with E-state index in [9.17, 15) is 0 Å². The van der Waals surface area contributed by atoms with Crippen LogP contribution in [0.1, 0.15) is 11.3 Å². The lowest BCUT2D eigenvalue weighted by atomic mass is 10.4. The summed E-state index contributed by atoms with van der Waals surface area (Å²) in [5, 5.41) is 7.09. The first kappa shape index (κ1) is 10.0. The largest absolute Gasteiger partial charge is 0.292 e. The van der Waals surface area contributed by atoms with Crippen molar-refractivity contribution >= 4 is 32.2 Å². The predicted octanol–water partition coefficient (Wildman–Crippen LogP) is 2.78. The molecule has 0 spiro atoms. The summed E-state index contributed by atoms with van der Waals surface area (Å²) in [6.45, 7) is 2.02. The number of thiazole rings is 1. The van der Waals surface area contributed by atoms with Crippen LogP contribution < -0.4 is 0 Å². The van der Waals surface area contributed by atoms with E-state index in [4.69, 9.17) is 0 Å². The van der Waals surface area contributed by atoms with Crippen molar-refractivity contribution in [2.45, 2.75) is 12.3 Å². The molecule has 0 N–H and O–H groups in total. The zero-order chi connectivity index (χ0) is 11.1. The summed E-state index contributed by atoms with van der Waals surface area (Å²) < 4.78 is 3.91. The monoisotopic (exact) mass is 296 g/mol. The molecule has 82 valence electrons. The molecule has 4 nitrogen and oxygen atoms in total. The Labute approximate surface area is 105 Å². The highest BCUT2D eigenvalue weighted by molar-refractivity contribution is 9.08. The van der Waals surface area contributed by atoms with Gasteiger partial charge in [-0.3, -0.25) is 4.40 Å². The molecule has 3 aromatic rings. The molecule has 0 amide bonds. The van der Waals surface area contributed by atoms with Gasteiger partial charge >= 0.3 is 0 Å². The first-order chi connectivity index (χ1) is 7.79. The predicted molar refractivity (Wildman–Crippen MR) is 67.6 cm³/mol. The van der Waals surface area contributed by atoms with E-state index < -0.39 is 0 Å². The third-order valence-electron chi connectivity index (χ3n) is 2.40. The Morgan fingerprint density at radius 2 is 2.38 bits per heavy atom. The van der Waals surface area contributed by atoms with Gasteiger partial charge in [0.25, 0.3) is 0 Å². The Kier molecular flexibility index (Phi) is 2.33. The lowest BCUT2D eigenvalue weighted by Crippen LogP contribution is -1.99. The fraction of sp³-hybridized carbons (Fsp3) is 0.200. The highest BCUT2D eigenvalue weighted by Crippen LogP contribution is 2.22. The molecular weight excluding hydrogens is 288 g/mol. The first-order valence-corrected chi connectivity index (χ1v) is 6.82. The van der Waals surface area contributed by atoms with Gasteiger partial charge in [-0.15, -0.1) is 11.3 Å². The van der Waals surface area contributed by atoms with Gasteiger partial charge in [-0.1, -0.05) is 15.9 Å². The number of aryl methyl sites for hydroxylation is 1. The summed E-state index contributed by atoms with van der Waals surface area (Å²) in [7, 11) is 0. The topological polar surface area (TPSA) is 35.1 Å². The summed E-state index contributed by atoms with van der Waals surface area (Å²) in [5.41, 5.74) is 2.26. The van der Waals surface area contributed by atoms with Crippen molar-refractivity contribution in [3.63, 3.8) is 0 Å². The standard InChI is InChI=1S/C10H9BrN4S/c1-7-5-12-15(6-7)9-8(4-11)14-2-3-16-10(14)13-9/h2-3,5-6H,4H2,1H3. The number of alkyl halides is 1. The van der Waals surface area contributed by atoms with E-state index in [0.29, 0.717) is 0 Å². The van der Waals surface area contributed by atoms with Crippen LogP contribution in [0.15, 0.2) is 24.0 Å². The minimum atomic E-state index is 0.763. The van der Waals surface area contributed by atoms with Crippen molar-refractivity contribution in [2.75, 3.05) is 0 Å². The van der Waals surface area contributed by atoms with E-state index in [0.717, 1.165) is 27.4 Å². The summed E-state index contributed by atoms with van der Waals surface area (Å²) in [6.07, 6.45) is 5.85. The third-order valence-corrected chi connectivity index (χ3v) is 3.68. The summed E-state index contributed by atoms with van der Waals surface area (Å²) in [5.74, 6) is 0.900. The van der Waals surface area contributed by atoms with Gasteiger partial charge in [0.2, 0.25) is 0 Å². The van der Waals surface area contributed by atoms with Gasteiger partial charge in [0.15, 0.2) is 10.8 Å². The molecular formula is C10H9BrN4S. The zero-order valence-electron chi connectivity index (χ0n) is 8.59. The number of fused-ring (bicyclic) bond motifs is 1. The van der Waals surface area contributed by atoms with Crippen LogP contribution in [0, 0.1) is 6.92 Å². The maximum absolute atomic E-state index is 4.58. The molecule has 0 fully saturated rings. The Morgan fingerprint density at radius 1 is 1.50 bits per heavy atom. The average Bonchev–Trinajstić information content (AvgIpc) is 2.90. The van der Waals surface area contributed by atoms with Gasteiger partial charge in [0, 0.05) is 23.1 Å². The van der Waals surface area contributed by atoms with Crippen LogP contribution in [0.5, 0.6) is 0 Å². The Morgan fingerprint density at radius 3 is 3.06 bits per heavy atom. The maximum atomic E-state index is 4.58. The van der Waals surface area contributed by atoms with E-state index in [1.807, 2.05) is 35.6 Å². The molecule has 0 atom stereocenters. The van der Waals surface area contributed by atoms with Crippen LogP contribution in [-0.2, 0) is 5.33 Å². The van der Waals surface area contributed by atoms with Gasteiger partial charge in [-0.2, -0.15) is 10.1 Å². The van der Waals surface area contributed by atoms with Gasteiger partial charge in [-0.05, 0) is 12.5 Å². The van der Waals surface area contributed by atoms with E-state index in [2.05, 4.69) is 30.4 Å². The number of nitrogens with zero attached hydrogens (tertiary/aromatic N) is 4. The summed E-state index contributed by atoms with van der Waals surface area (Å²) in [4.78, 5) is 5.58. The molecule has 6 heteroatoms. The molecule has 0 saturated carbocycles. The number of hydrogen-bond acceptors (Lipinski definition) is 3. The smallest absolute Gasteiger partial charge is 0.195 e. The van der Waals surface area contributed by atoms with Gasteiger partial charge in [-0.25, -0.2) is 4.68 Å². The summed E-state index contributed by atoms with van der Waals surface area (Å²) in [6, 6.07) is 0. The molecule has 0 radical (unpaired) electrons. The van der Waals surface area contributed by atoms with Crippen molar-refractivity contribution in [1.29, 1.82) is 0 Å². The number of aromatic nitrogens is 4. The molecule has 0 aromatic carbocycles. The highest BCUT2D eigenvalue weighted by Gasteiger charge is 2.13. The second-order valence-electron chi connectivity index (χ2n) is 3.53. The minimum Gasteiger partial charge on any atom is -0.292 e. The zero-order valence-corrected chi connectivity index (χ0v) is 11.0. The van der Waals surface area contributed by atoms with Crippen molar-refractivity contribution in [3.05, 3.63) is 35.2 Å². The number of imidazole rings is 1. The van der Waals surface area contributed by atoms with E-state index in [1.54, 1.807) is 11.3 Å². The molecule has 0 saturated heterocycles. The highest BCUT2D eigenvalue weighted by atomic mass is 79.9. The van der Waals surface area contributed by atoms with Crippen molar-refractivity contribution in [2.24, 2.45) is 0 Å². The van der Waals surface area contributed by atoms with E-state index in [-0.39, 0.29) is 0 Å². The number of rotatable bonds is 2. The van der Waals surface area contributed by atoms with Crippen molar-refractivity contribution in [3.8, 4) is 5.82 Å². The van der Waals surface area contributed by atoms with Crippen LogP contribution in [-0.4, -0.2) is 19.2 Å². The minimum absolute atomic E-state index is 0.763. The summed E-state index contributed by atoms with van der Waals surface area (Å²) >= 11 is 5.13. The third kappa shape index (κ3) is 1.41. The van der Waals surface area contributed by atoms with Crippen molar-refractivity contribution < 1.29 is 0 Å². The van der Waals surface area contributed by atoms with Crippen LogP contribution in [0.3, 0.4) is 0 Å².